The van der Waals surface area contributed by atoms with Crippen molar-refractivity contribution >= 4 is 29.3 Å². The van der Waals surface area contributed by atoms with Crippen LogP contribution in [0.3, 0.4) is 0 Å². The molecule has 0 saturated heterocycles. The maximum Gasteiger partial charge on any atom is 0.416 e. The SMILES string of the molecule is COC(=O)N(Cc1cc(Cl)cc(Cl)c1)Cc1cc(C(F)(F)F)ccc1C(OC)C1CCCCC1. The maximum atomic E-state index is 13.6. The fraction of sp³-hybridized carbons (Fsp3) is 0.480. The number of methoxy groups -OCH3 is 2. The van der Waals surface area contributed by atoms with Gasteiger partial charge in [0.25, 0.3) is 0 Å². The zero-order chi connectivity index (χ0) is 24.9. The summed E-state index contributed by atoms with van der Waals surface area (Å²) in [5.41, 5.74) is 0.874. The summed E-state index contributed by atoms with van der Waals surface area (Å²) in [6.07, 6.45) is -0.401. The molecule has 0 bridgehead atoms. The van der Waals surface area contributed by atoms with E-state index in [0.717, 1.165) is 44.2 Å². The second kappa shape index (κ2) is 11.6. The van der Waals surface area contributed by atoms with Crippen LogP contribution in [0.5, 0.6) is 0 Å². The summed E-state index contributed by atoms with van der Waals surface area (Å²) in [6.45, 7) is -0.0354. The summed E-state index contributed by atoms with van der Waals surface area (Å²) in [4.78, 5) is 13.9. The molecule has 0 radical (unpaired) electrons. The third-order valence-corrected chi connectivity index (χ3v) is 6.63. The highest BCUT2D eigenvalue weighted by atomic mass is 35.5. The standard InChI is InChI=1S/C25H28Cl2F3NO3/c1-33-23(17-6-4-3-5-7-17)22-9-8-19(25(28,29)30)12-18(22)15-31(24(32)34-2)14-16-10-20(26)13-21(27)11-16/h8-13,17,23H,3-7,14-15H2,1-2H3. The minimum Gasteiger partial charge on any atom is -0.453 e. The van der Waals surface area contributed by atoms with E-state index in [1.165, 1.54) is 18.1 Å². The first-order valence-corrected chi connectivity index (χ1v) is 11.9. The van der Waals surface area contributed by atoms with E-state index in [2.05, 4.69) is 0 Å². The van der Waals surface area contributed by atoms with E-state index in [1.54, 1.807) is 25.3 Å². The van der Waals surface area contributed by atoms with Gasteiger partial charge in [0, 0.05) is 30.2 Å². The van der Waals surface area contributed by atoms with Gasteiger partial charge in [0.1, 0.15) is 0 Å². The molecule has 9 heteroatoms. The van der Waals surface area contributed by atoms with Crippen molar-refractivity contribution in [1.82, 2.24) is 4.90 Å². The zero-order valence-corrected chi connectivity index (χ0v) is 20.6. The lowest BCUT2D eigenvalue weighted by Crippen LogP contribution is -2.31. The molecule has 2 aromatic carbocycles. The Morgan fingerprint density at radius 1 is 1.03 bits per heavy atom. The molecule has 186 valence electrons. The molecule has 34 heavy (non-hydrogen) atoms. The number of benzene rings is 2. The Morgan fingerprint density at radius 2 is 1.68 bits per heavy atom. The van der Waals surface area contributed by atoms with Crippen molar-refractivity contribution in [3.05, 3.63) is 68.7 Å². The van der Waals surface area contributed by atoms with E-state index in [4.69, 9.17) is 32.7 Å². The van der Waals surface area contributed by atoms with Crippen molar-refractivity contribution in [2.24, 2.45) is 5.92 Å². The molecular formula is C25H28Cl2F3NO3. The molecular weight excluding hydrogens is 490 g/mol. The molecule has 1 unspecified atom stereocenters. The van der Waals surface area contributed by atoms with Gasteiger partial charge in [-0.25, -0.2) is 4.79 Å². The number of amides is 1. The molecule has 1 fully saturated rings. The molecule has 0 aliphatic heterocycles. The molecule has 1 aliphatic carbocycles. The molecule has 1 aliphatic rings. The number of hydrogen-bond donors (Lipinski definition) is 0. The number of hydrogen-bond acceptors (Lipinski definition) is 3. The molecule has 0 N–H and O–H groups in total. The maximum absolute atomic E-state index is 13.6. The van der Waals surface area contributed by atoms with Crippen molar-refractivity contribution in [1.29, 1.82) is 0 Å². The highest BCUT2D eigenvalue weighted by molar-refractivity contribution is 6.34. The van der Waals surface area contributed by atoms with Crippen LogP contribution in [0.15, 0.2) is 36.4 Å². The van der Waals surface area contributed by atoms with Gasteiger partial charge in [-0.15, -0.1) is 0 Å². The van der Waals surface area contributed by atoms with Crippen molar-refractivity contribution in [2.75, 3.05) is 14.2 Å². The summed E-state index contributed by atoms with van der Waals surface area (Å²) in [5.74, 6) is 0.201. The first-order valence-electron chi connectivity index (χ1n) is 11.1. The third kappa shape index (κ3) is 6.80. The Labute approximate surface area is 207 Å². The number of rotatable bonds is 7. The first kappa shape index (κ1) is 26.6. The fourth-order valence-electron chi connectivity index (χ4n) is 4.65. The molecule has 0 aromatic heterocycles. The molecule has 3 rings (SSSR count). The monoisotopic (exact) mass is 517 g/mol. The van der Waals surface area contributed by atoms with Gasteiger partial charge in [-0.05, 0) is 65.8 Å². The van der Waals surface area contributed by atoms with Crippen molar-refractivity contribution < 1.29 is 27.4 Å². The van der Waals surface area contributed by atoms with E-state index < -0.39 is 17.8 Å². The summed E-state index contributed by atoms with van der Waals surface area (Å²) < 4.78 is 51.4. The quantitative estimate of drug-likeness (QED) is 0.372. The zero-order valence-electron chi connectivity index (χ0n) is 19.1. The summed E-state index contributed by atoms with van der Waals surface area (Å²) in [7, 11) is 2.81. The van der Waals surface area contributed by atoms with Crippen LogP contribution in [-0.4, -0.2) is 25.2 Å². The lowest BCUT2D eigenvalue weighted by atomic mass is 9.81. The predicted octanol–water partition coefficient (Wildman–Crippen LogP) is 8.05. The second-order valence-corrected chi connectivity index (χ2v) is 9.44. The van der Waals surface area contributed by atoms with Crippen LogP contribution in [0.4, 0.5) is 18.0 Å². The van der Waals surface area contributed by atoms with Crippen LogP contribution < -0.4 is 0 Å². The highest BCUT2D eigenvalue weighted by Crippen LogP contribution is 2.40. The molecule has 2 aromatic rings. The third-order valence-electron chi connectivity index (χ3n) is 6.20. The van der Waals surface area contributed by atoms with E-state index in [9.17, 15) is 18.0 Å². The van der Waals surface area contributed by atoms with Crippen LogP contribution in [0.25, 0.3) is 0 Å². The second-order valence-electron chi connectivity index (χ2n) is 8.57. The molecule has 1 saturated carbocycles. The van der Waals surface area contributed by atoms with Gasteiger partial charge < -0.3 is 9.47 Å². The van der Waals surface area contributed by atoms with E-state index in [0.29, 0.717) is 26.7 Å². The van der Waals surface area contributed by atoms with E-state index in [-0.39, 0.29) is 25.1 Å². The van der Waals surface area contributed by atoms with Crippen molar-refractivity contribution in [3.63, 3.8) is 0 Å². The van der Waals surface area contributed by atoms with Crippen molar-refractivity contribution in [3.8, 4) is 0 Å². The summed E-state index contributed by atoms with van der Waals surface area (Å²) in [5, 5.41) is 0.785. The summed E-state index contributed by atoms with van der Waals surface area (Å²) >= 11 is 12.2. The Balaban J connectivity index is 2.01. The van der Waals surface area contributed by atoms with Crippen LogP contribution >= 0.6 is 23.2 Å². The Kier molecular flexibility index (Phi) is 9.13. The first-order chi connectivity index (χ1) is 16.1. The van der Waals surface area contributed by atoms with Crippen LogP contribution in [0.2, 0.25) is 10.0 Å². The normalized spacial score (nSPS) is 15.7. The number of halogens is 5. The average molecular weight is 518 g/mol. The predicted molar refractivity (Wildman–Crippen MR) is 126 cm³/mol. The minimum absolute atomic E-state index is 0.0592. The number of carbonyl (C=O) groups excluding carboxylic acids is 1. The van der Waals surface area contributed by atoms with Crippen LogP contribution in [-0.2, 0) is 28.7 Å². The van der Waals surface area contributed by atoms with Gasteiger partial charge in [0.2, 0.25) is 0 Å². The van der Waals surface area contributed by atoms with E-state index in [1.807, 2.05) is 0 Å². The van der Waals surface area contributed by atoms with Gasteiger partial charge in [-0.3, -0.25) is 4.90 Å². The van der Waals surface area contributed by atoms with Gasteiger partial charge in [0.05, 0.1) is 18.8 Å². The lowest BCUT2D eigenvalue weighted by molar-refractivity contribution is -0.137. The number of carbonyl (C=O) groups is 1. The Morgan fingerprint density at radius 3 is 2.24 bits per heavy atom. The largest absolute Gasteiger partial charge is 0.453 e. The summed E-state index contributed by atoms with van der Waals surface area (Å²) in [6, 6.07) is 8.52. The highest BCUT2D eigenvalue weighted by Gasteiger charge is 2.34. The van der Waals surface area contributed by atoms with Gasteiger partial charge in [-0.2, -0.15) is 13.2 Å². The lowest BCUT2D eigenvalue weighted by Gasteiger charge is -2.32. The van der Waals surface area contributed by atoms with E-state index >= 15 is 0 Å². The number of ether oxygens (including phenoxy) is 2. The van der Waals surface area contributed by atoms with Gasteiger partial charge in [-0.1, -0.05) is 48.5 Å². The van der Waals surface area contributed by atoms with Crippen LogP contribution in [0.1, 0.15) is 60.5 Å². The minimum atomic E-state index is -4.52. The molecule has 0 spiro atoms. The number of alkyl halides is 3. The topological polar surface area (TPSA) is 38.8 Å². The van der Waals surface area contributed by atoms with Crippen LogP contribution in [0, 0.1) is 5.92 Å². The van der Waals surface area contributed by atoms with Crippen molar-refractivity contribution in [2.45, 2.75) is 57.5 Å². The smallest absolute Gasteiger partial charge is 0.416 e. The Hall–Kier alpha value is -1.96. The fourth-order valence-corrected chi connectivity index (χ4v) is 5.22. The molecule has 0 heterocycles. The molecule has 1 atom stereocenters. The molecule has 4 nitrogen and oxygen atoms in total. The van der Waals surface area contributed by atoms with Gasteiger partial charge in [0.15, 0.2) is 0 Å². The Bertz CT molecular complexity index is 974. The number of nitrogens with zero attached hydrogens (tertiary/aromatic N) is 1. The molecule has 1 amide bonds. The average Bonchev–Trinajstić information content (AvgIpc) is 2.79. The van der Waals surface area contributed by atoms with Gasteiger partial charge >= 0.3 is 12.3 Å².